The number of hydrogen-bond acceptors (Lipinski definition) is 4. The Morgan fingerprint density at radius 1 is 1.21 bits per heavy atom. The molecule has 0 saturated heterocycles. The zero-order valence-electron chi connectivity index (χ0n) is 12.7. The fraction of sp³-hybridized carbons (Fsp3) is 0.400. The van der Waals surface area contributed by atoms with Gasteiger partial charge in [-0.2, -0.15) is 0 Å². The van der Waals surface area contributed by atoms with Crippen LogP contribution in [0.15, 0.2) is 52.2 Å². The summed E-state index contributed by atoms with van der Waals surface area (Å²) in [4.78, 5) is 4.34. The first-order chi connectivity index (χ1) is 9.13. The molecule has 106 valence electrons. The zero-order chi connectivity index (χ0) is 14.8. The van der Waals surface area contributed by atoms with Crippen molar-refractivity contribution in [3.8, 4) is 0 Å². The van der Waals surface area contributed by atoms with Crippen molar-refractivity contribution in [1.29, 1.82) is 0 Å². The predicted octanol–water partition coefficient (Wildman–Crippen LogP) is 3.21. The van der Waals surface area contributed by atoms with Crippen LogP contribution in [0.4, 0.5) is 0 Å². The molecule has 3 N–H and O–H groups in total. The van der Waals surface area contributed by atoms with E-state index >= 15 is 0 Å². The third kappa shape index (κ3) is 4.66. The second kappa shape index (κ2) is 9.03. The van der Waals surface area contributed by atoms with Crippen molar-refractivity contribution in [1.82, 2.24) is 5.32 Å². The van der Waals surface area contributed by atoms with Crippen molar-refractivity contribution in [2.75, 3.05) is 7.05 Å². The molecule has 1 aliphatic rings. The maximum Gasteiger partial charge on any atom is 0.188 e. The second-order valence-electron chi connectivity index (χ2n) is 3.55. The fourth-order valence-corrected chi connectivity index (χ4v) is 1.38. The molecule has 0 unspecified atom stereocenters. The largest absolute Gasteiger partial charge is 0.449 e. The van der Waals surface area contributed by atoms with Gasteiger partial charge >= 0.3 is 0 Å². The van der Waals surface area contributed by atoms with Gasteiger partial charge in [0.25, 0.3) is 0 Å². The van der Waals surface area contributed by atoms with E-state index in [1.807, 2.05) is 66.0 Å². The number of amidine groups is 1. The van der Waals surface area contributed by atoms with E-state index < -0.39 is 0 Å². The summed E-state index contributed by atoms with van der Waals surface area (Å²) in [5, 5.41) is 3.00. The van der Waals surface area contributed by atoms with Gasteiger partial charge in [0.1, 0.15) is 5.70 Å². The van der Waals surface area contributed by atoms with Gasteiger partial charge in [-0.15, -0.1) is 0 Å². The average molecular weight is 263 g/mol. The molecule has 0 saturated carbocycles. The van der Waals surface area contributed by atoms with Gasteiger partial charge in [0.05, 0.1) is 5.70 Å². The molecule has 4 heteroatoms. The number of allylic oxidation sites excluding steroid dienone is 5. The van der Waals surface area contributed by atoms with Crippen LogP contribution in [-0.2, 0) is 4.74 Å². The molecule has 1 rings (SSSR count). The Morgan fingerprint density at radius 3 is 2.26 bits per heavy atom. The van der Waals surface area contributed by atoms with Gasteiger partial charge in [-0.3, -0.25) is 0 Å². The summed E-state index contributed by atoms with van der Waals surface area (Å²) in [6.45, 7) is 9.75. The molecule has 4 nitrogen and oxygen atoms in total. The lowest BCUT2D eigenvalue weighted by molar-refractivity contribution is 0.327. The van der Waals surface area contributed by atoms with Crippen LogP contribution in [0.25, 0.3) is 0 Å². The van der Waals surface area contributed by atoms with Gasteiger partial charge in [0.2, 0.25) is 0 Å². The monoisotopic (exact) mass is 263 g/mol. The second-order valence-corrected chi connectivity index (χ2v) is 3.55. The van der Waals surface area contributed by atoms with Crippen molar-refractivity contribution >= 4 is 5.84 Å². The number of aliphatic imine (C=N–C) groups is 1. The average Bonchev–Trinajstić information content (AvgIpc) is 2.43. The van der Waals surface area contributed by atoms with E-state index in [1.165, 1.54) is 0 Å². The molecule has 0 aliphatic carbocycles. The number of ether oxygens (including phenoxy) is 1. The highest BCUT2D eigenvalue weighted by atomic mass is 16.5. The van der Waals surface area contributed by atoms with Crippen molar-refractivity contribution in [3.05, 3.63) is 47.2 Å². The molecule has 19 heavy (non-hydrogen) atoms. The smallest absolute Gasteiger partial charge is 0.188 e. The topological polar surface area (TPSA) is 59.6 Å². The fourth-order valence-electron chi connectivity index (χ4n) is 1.38. The summed E-state index contributed by atoms with van der Waals surface area (Å²) in [7, 11) is 1.82. The van der Waals surface area contributed by atoms with E-state index in [0.29, 0.717) is 17.4 Å². The molecule has 1 heterocycles. The number of rotatable bonds is 3. The van der Waals surface area contributed by atoms with Gasteiger partial charge in [0.15, 0.2) is 17.4 Å². The number of nitrogens with one attached hydrogen (secondary N) is 1. The highest BCUT2D eigenvalue weighted by Gasteiger charge is 2.18. The molecule has 0 fully saturated rings. The van der Waals surface area contributed by atoms with Crippen LogP contribution in [0.1, 0.15) is 34.6 Å². The Kier molecular flexibility index (Phi) is 8.09. The maximum absolute atomic E-state index is 5.87. The molecule has 0 aromatic heterocycles. The molecule has 0 radical (unpaired) electrons. The third-order valence-electron chi connectivity index (χ3n) is 2.30. The Hall–Kier alpha value is -1.97. The number of nitrogens with two attached hydrogens (primary N) is 1. The number of hydrogen-bond donors (Lipinski definition) is 2. The summed E-state index contributed by atoms with van der Waals surface area (Å²) < 4.78 is 5.76. The van der Waals surface area contributed by atoms with E-state index in [2.05, 4.69) is 10.3 Å². The third-order valence-corrected chi connectivity index (χ3v) is 2.30. The Labute approximate surface area is 116 Å². The first-order valence-corrected chi connectivity index (χ1v) is 6.54. The SMILES string of the molecule is C/C=C\C1=C(/C=C\C)O/C(=C(\C)NC)C(N)=N1.CC. The first kappa shape index (κ1) is 17.0. The van der Waals surface area contributed by atoms with Crippen LogP contribution >= 0.6 is 0 Å². The van der Waals surface area contributed by atoms with Gasteiger partial charge in [0, 0.05) is 7.05 Å². The molecule has 0 spiro atoms. The summed E-state index contributed by atoms with van der Waals surface area (Å²) in [6.07, 6.45) is 7.54. The lowest BCUT2D eigenvalue weighted by atomic mass is 10.2. The summed E-state index contributed by atoms with van der Waals surface area (Å²) in [6, 6.07) is 0. The molecule has 1 aliphatic heterocycles. The Balaban J connectivity index is 0.00000154. The molecular weight excluding hydrogens is 238 g/mol. The van der Waals surface area contributed by atoms with Crippen molar-refractivity contribution in [3.63, 3.8) is 0 Å². The van der Waals surface area contributed by atoms with Crippen molar-refractivity contribution < 1.29 is 4.74 Å². The van der Waals surface area contributed by atoms with Crippen LogP contribution in [0.3, 0.4) is 0 Å². The van der Waals surface area contributed by atoms with Crippen LogP contribution < -0.4 is 11.1 Å². The van der Waals surface area contributed by atoms with Crippen molar-refractivity contribution in [2.45, 2.75) is 34.6 Å². The standard InChI is InChI=1S/C13H19N3O.C2H6/c1-5-7-10-11(8-6-2)17-12(9(3)15-4)13(14)16-10;1-2/h5-8,15H,1-4H3,(H2,14,16);1-2H3/b7-5-,8-6-,12-9+;. The van der Waals surface area contributed by atoms with E-state index in [0.717, 1.165) is 11.4 Å². The van der Waals surface area contributed by atoms with Gasteiger partial charge in [-0.05, 0) is 32.9 Å². The van der Waals surface area contributed by atoms with Gasteiger partial charge in [-0.1, -0.05) is 26.0 Å². The summed E-state index contributed by atoms with van der Waals surface area (Å²) >= 11 is 0. The van der Waals surface area contributed by atoms with E-state index in [1.54, 1.807) is 0 Å². The molecule has 0 bridgehead atoms. The van der Waals surface area contributed by atoms with E-state index in [4.69, 9.17) is 10.5 Å². The number of nitrogens with zero attached hydrogens (tertiary/aromatic N) is 1. The lowest BCUT2D eigenvalue weighted by Gasteiger charge is -2.19. The van der Waals surface area contributed by atoms with Crippen LogP contribution in [-0.4, -0.2) is 12.9 Å². The van der Waals surface area contributed by atoms with Crippen molar-refractivity contribution in [2.24, 2.45) is 10.7 Å². The quantitative estimate of drug-likeness (QED) is 0.822. The normalized spacial score (nSPS) is 17.9. The summed E-state index contributed by atoms with van der Waals surface area (Å²) in [5.41, 5.74) is 7.46. The molecule has 0 atom stereocenters. The maximum atomic E-state index is 5.87. The zero-order valence-corrected chi connectivity index (χ0v) is 12.7. The predicted molar refractivity (Wildman–Crippen MR) is 82.5 cm³/mol. The van der Waals surface area contributed by atoms with Crippen LogP contribution in [0.2, 0.25) is 0 Å². The Bertz CT molecular complexity index is 440. The van der Waals surface area contributed by atoms with E-state index in [-0.39, 0.29) is 0 Å². The van der Waals surface area contributed by atoms with Crippen LogP contribution in [0.5, 0.6) is 0 Å². The van der Waals surface area contributed by atoms with Gasteiger partial charge < -0.3 is 15.8 Å². The molecular formula is C15H25N3O. The minimum atomic E-state index is 0.387. The molecule has 0 aromatic rings. The summed E-state index contributed by atoms with van der Waals surface area (Å²) in [5.74, 6) is 1.66. The lowest BCUT2D eigenvalue weighted by Crippen LogP contribution is -2.24. The highest BCUT2D eigenvalue weighted by molar-refractivity contribution is 5.97. The molecule has 0 aromatic carbocycles. The first-order valence-electron chi connectivity index (χ1n) is 6.54. The highest BCUT2D eigenvalue weighted by Crippen LogP contribution is 2.22. The van der Waals surface area contributed by atoms with E-state index in [9.17, 15) is 0 Å². The minimum Gasteiger partial charge on any atom is -0.449 e. The minimum absolute atomic E-state index is 0.387. The van der Waals surface area contributed by atoms with Gasteiger partial charge in [-0.25, -0.2) is 4.99 Å². The van der Waals surface area contributed by atoms with Crippen LogP contribution in [0, 0.1) is 0 Å². The Morgan fingerprint density at radius 2 is 1.79 bits per heavy atom. The molecule has 0 amide bonds.